The van der Waals surface area contributed by atoms with Crippen LogP contribution in [0, 0.1) is 0 Å². The molecule has 202 valence electrons. The Morgan fingerprint density at radius 1 is 0.784 bits per heavy atom. The Kier molecular flexibility index (Phi) is 9.32. The quantitative estimate of drug-likeness (QED) is 0.305. The summed E-state index contributed by atoms with van der Waals surface area (Å²) in [6.45, 7) is -1.07. The minimum absolute atomic E-state index is 0.00689. The molecule has 14 nitrogen and oxygen atoms in total. The molecule has 16 heteroatoms. The van der Waals surface area contributed by atoms with Gasteiger partial charge in [0.25, 0.3) is 0 Å². The molecular weight excluding hydrogens is 540 g/mol. The lowest BCUT2D eigenvalue weighted by Crippen LogP contribution is -2.63. The molecule has 1 saturated heterocycles. The van der Waals surface area contributed by atoms with Gasteiger partial charge in [-0.05, 0) is 24.3 Å². The highest BCUT2D eigenvalue weighted by atomic mass is 32.3. The number of rotatable bonds is 10. The summed E-state index contributed by atoms with van der Waals surface area (Å²) in [5, 5.41) is 0. The van der Waals surface area contributed by atoms with Gasteiger partial charge >= 0.3 is 32.7 Å². The van der Waals surface area contributed by atoms with Crippen molar-refractivity contribution in [2.75, 3.05) is 13.7 Å². The molecule has 0 bridgehead atoms. The summed E-state index contributed by atoms with van der Waals surface area (Å²) in [6.07, 6.45) is -8.94. The first-order valence-corrected chi connectivity index (χ1v) is 13.1. The van der Waals surface area contributed by atoms with Crippen LogP contribution in [-0.4, -0.2) is 82.3 Å². The number of esters is 2. The monoisotopic (exact) mass is 562 g/mol. The van der Waals surface area contributed by atoms with Gasteiger partial charge in [-0.3, -0.25) is 9.11 Å². The van der Waals surface area contributed by atoms with Gasteiger partial charge in [0, 0.05) is 7.11 Å². The van der Waals surface area contributed by atoms with E-state index in [-0.39, 0.29) is 11.1 Å². The second kappa shape index (κ2) is 12.1. The summed E-state index contributed by atoms with van der Waals surface area (Å²) in [7, 11) is -9.23. The fourth-order valence-corrected chi connectivity index (χ4v) is 4.22. The summed E-state index contributed by atoms with van der Waals surface area (Å²) < 4.78 is 94.2. The Labute approximate surface area is 211 Å². The van der Waals surface area contributed by atoms with Gasteiger partial charge in [-0.2, -0.15) is 16.8 Å². The second-order valence-corrected chi connectivity index (χ2v) is 9.59. The van der Waals surface area contributed by atoms with Crippen molar-refractivity contribution in [2.24, 2.45) is 0 Å². The molecule has 0 radical (unpaired) electrons. The predicted octanol–water partition coefficient (Wildman–Crippen LogP) is 0.816. The van der Waals surface area contributed by atoms with E-state index >= 15 is 0 Å². The minimum atomic E-state index is -5.29. The SMILES string of the molecule is CO[C@@H]1O[C@H](COS(=O)(=O)O)[C@@H](OS(=O)(=O)O)[C@H](OC(=O)c2ccccc2)[C@H]1OC(=O)c1ccccc1. The zero-order valence-electron chi connectivity index (χ0n) is 19.0. The van der Waals surface area contributed by atoms with Gasteiger partial charge in [0.2, 0.25) is 0 Å². The van der Waals surface area contributed by atoms with Crippen LogP contribution in [0.5, 0.6) is 0 Å². The molecule has 1 heterocycles. The minimum Gasteiger partial charge on any atom is -0.452 e. The lowest BCUT2D eigenvalue weighted by molar-refractivity contribution is -0.287. The van der Waals surface area contributed by atoms with Crippen molar-refractivity contribution < 1.29 is 62.8 Å². The van der Waals surface area contributed by atoms with E-state index in [9.17, 15) is 31.0 Å². The number of ether oxygens (including phenoxy) is 4. The normalized spacial score (nSPS) is 24.2. The maximum Gasteiger partial charge on any atom is 0.397 e. The van der Waals surface area contributed by atoms with Crippen LogP contribution < -0.4 is 0 Å². The van der Waals surface area contributed by atoms with Crippen molar-refractivity contribution in [3.63, 3.8) is 0 Å². The number of hydrogen-bond acceptors (Lipinski definition) is 12. The molecule has 3 rings (SSSR count). The average Bonchev–Trinajstić information content (AvgIpc) is 2.84. The van der Waals surface area contributed by atoms with Gasteiger partial charge < -0.3 is 18.9 Å². The molecule has 1 fully saturated rings. The van der Waals surface area contributed by atoms with Crippen LogP contribution >= 0.6 is 0 Å². The largest absolute Gasteiger partial charge is 0.452 e. The third-order valence-corrected chi connectivity index (χ3v) is 5.84. The highest BCUT2D eigenvalue weighted by Crippen LogP contribution is 2.31. The third-order valence-electron chi connectivity index (χ3n) is 4.94. The summed E-state index contributed by atoms with van der Waals surface area (Å²) in [6, 6.07) is 14.9. The first kappa shape index (κ1) is 28.6. The molecule has 5 atom stereocenters. The van der Waals surface area contributed by atoms with Crippen LogP contribution in [0.3, 0.4) is 0 Å². The molecule has 2 aromatic rings. The van der Waals surface area contributed by atoms with Crippen molar-refractivity contribution in [1.29, 1.82) is 0 Å². The maximum absolute atomic E-state index is 12.9. The van der Waals surface area contributed by atoms with Gasteiger partial charge in [0.1, 0.15) is 12.2 Å². The zero-order chi connectivity index (χ0) is 27.2. The molecule has 1 aliphatic heterocycles. The van der Waals surface area contributed by atoms with E-state index < -0.39 is 70.0 Å². The molecule has 37 heavy (non-hydrogen) atoms. The molecule has 0 aromatic heterocycles. The Morgan fingerprint density at radius 3 is 1.70 bits per heavy atom. The summed E-state index contributed by atoms with van der Waals surface area (Å²) >= 11 is 0. The Morgan fingerprint density at radius 2 is 1.27 bits per heavy atom. The first-order chi connectivity index (χ1) is 17.4. The molecule has 0 amide bonds. The average molecular weight is 563 g/mol. The lowest BCUT2D eigenvalue weighted by atomic mass is 9.98. The van der Waals surface area contributed by atoms with Crippen molar-refractivity contribution in [3.8, 4) is 0 Å². The van der Waals surface area contributed by atoms with E-state index in [1.807, 2.05) is 0 Å². The van der Waals surface area contributed by atoms with Crippen molar-refractivity contribution in [1.82, 2.24) is 0 Å². The standard InChI is InChI=1S/C21H22O14S2/c1-30-21-18(34-20(23)14-10-6-3-7-11-14)17(33-19(22)13-8-4-2-5-9-13)16(35-37(27,28)29)15(32-21)12-31-36(24,25)26/h2-11,15-18,21H,12H2,1H3,(H,24,25,26)(H,27,28,29)/t15-,16-,17+,18-,21-/m1/s1. The number of carbonyl (C=O) groups is 2. The van der Waals surface area contributed by atoms with Crippen LogP contribution in [0.1, 0.15) is 20.7 Å². The molecule has 0 unspecified atom stereocenters. The van der Waals surface area contributed by atoms with Crippen LogP contribution in [-0.2, 0) is 48.1 Å². The van der Waals surface area contributed by atoms with Gasteiger partial charge in [-0.1, -0.05) is 36.4 Å². The van der Waals surface area contributed by atoms with E-state index in [1.165, 1.54) is 36.4 Å². The highest BCUT2D eigenvalue weighted by molar-refractivity contribution is 7.81. The lowest BCUT2D eigenvalue weighted by Gasteiger charge is -2.43. The van der Waals surface area contributed by atoms with Gasteiger partial charge in [0.15, 0.2) is 18.5 Å². The van der Waals surface area contributed by atoms with E-state index in [1.54, 1.807) is 24.3 Å². The molecular formula is C21H22O14S2. The second-order valence-electron chi connectivity index (χ2n) is 7.45. The first-order valence-electron chi connectivity index (χ1n) is 10.4. The number of benzene rings is 2. The topological polar surface area (TPSA) is 198 Å². The number of hydrogen-bond donors (Lipinski definition) is 2. The predicted molar refractivity (Wildman–Crippen MR) is 121 cm³/mol. The van der Waals surface area contributed by atoms with E-state index in [0.29, 0.717) is 0 Å². The Hall–Kier alpha value is -2.96. The van der Waals surface area contributed by atoms with E-state index in [2.05, 4.69) is 8.37 Å². The van der Waals surface area contributed by atoms with Gasteiger partial charge in [-0.25, -0.2) is 18.0 Å². The molecule has 2 aromatic carbocycles. The zero-order valence-corrected chi connectivity index (χ0v) is 20.6. The molecule has 2 N–H and O–H groups in total. The van der Waals surface area contributed by atoms with Gasteiger partial charge in [-0.15, -0.1) is 0 Å². The van der Waals surface area contributed by atoms with E-state index in [4.69, 9.17) is 23.5 Å². The van der Waals surface area contributed by atoms with Crippen molar-refractivity contribution in [3.05, 3.63) is 71.8 Å². The van der Waals surface area contributed by atoms with Gasteiger partial charge in [0.05, 0.1) is 17.7 Å². The van der Waals surface area contributed by atoms with Crippen molar-refractivity contribution in [2.45, 2.75) is 30.7 Å². The maximum atomic E-state index is 12.9. The summed E-state index contributed by atoms with van der Waals surface area (Å²) in [4.78, 5) is 25.7. The third kappa shape index (κ3) is 8.27. The molecule has 0 aliphatic carbocycles. The fraction of sp³-hybridized carbons (Fsp3) is 0.333. The van der Waals surface area contributed by atoms with Crippen LogP contribution in [0.2, 0.25) is 0 Å². The summed E-state index contributed by atoms with van der Waals surface area (Å²) in [5.41, 5.74) is 0.0713. The van der Waals surface area contributed by atoms with Crippen LogP contribution in [0.25, 0.3) is 0 Å². The fourth-order valence-electron chi connectivity index (χ4n) is 3.40. The Bertz CT molecular complexity index is 1280. The Balaban J connectivity index is 2.03. The number of carbonyl (C=O) groups excluding carboxylic acids is 2. The number of methoxy groups -OCH3 is 1. The van der Waals surface area contributed by atoms with Crippen LogP contribution in [0.4, 0.5) is 0 Å². The summed E-state index contributed by atoms with van der Waals surface area (Å²) in [5.74, 6) is -1.98. The van der Waals surface area contributed by atoms with Crippen LogP contribution in [0.15, 0.2) is 60.7 Å². The molecule has 0 spiro atoms. The highest BCUT2D eigenvalue weighted by Gasteiger charge is 2.53. The smallest absolute Gasteiger partial charge is 0.397 e. The van der Waals surface area contributed by atoms with E-state index in [0.717, 1.165) is 7.11 Å². The van der Waals surface area contributed by atoms with Crippen molar-refractivity contribution >= 4 is 32.7 Å². The molecule has 0 saturated carbocycles. The molecule has 1 aliphatic rings.